The van der Waals surface area contributed by atoms with E-state index >= 15 is 0 Å². The van der Waals surface area contributed by atoms with Gasteiger partial charge in [-0.25, -0.2) is 0 Å². The molecule has 3 rings (SSSR count). The molecular weight excluding hydrogens is 488 g/mol. The highest BCUT2D eigenvalue weighted by Crippen LogP contribution is 2.31. The second-order valence-electron chi connectivity index (χ2n) is 6.29. The Morgan fingerprint density at radius 2 is 1.90 bits per heavy atom. The van der Waals surface area contributed by atoms with Gasteiger partial charge in [-0.2, -0.15) is 8.42 Å². The van der Waals surface area contributed by atoms with Crippen LogP contribution >= 0.6 is 27.3 Å². The molecule has 9 heteroatoms. The van der Waals surface area contributed by atoms with Crippen LogP contribution in [0.5, 0.6) is 5.75 Å². The van der Waals surface area contributed by atoms with Crippen molar-refractivity contribution in [2.24, 2.45) is 4.36 Å². The number of rotatable bonds is 8. The van der Waals surface area contributed by atoms with E-state index in [0.717, 1.165) is 26.4 Å². The Kier molecular flexibility index (Phi) is 7.78. The molecule has 0 aliphatic heterocycles. The summed E-state index contributed by atoms with van der Waals surface area (Å²) in [6.45, 7) is 3.75. The molecule has 0 atom stereocenters. The largest absolute Gasteiger partial charge is 0.489 e. The molecule has 0 saturated carbocycles. The first-order valence-electron chi connectivity index (χ1n) is 9.11. The lowest BCUT2D eigenvalue weighted by Crippen LogP contribution is -2.21. The van der Waals surface area contributed by atoms with Crippen molar-refractivity contribution >= 4 is 48.7 Å². The number of halogens is 1. The number of thiophene rings is 1. The molecule has 3 aromatic rings. The standard InChI is InChI=1S/C21H19BrN2O4S2/c1-2-24(20-11-10-19(29-20)21(25)23-30(26)27)13-16-12-17(22)8-9-18(16)28-14-15-6-4-3-5-7-15/h3-12H,2,13-14H2,1H3. The number of benzene rings is 2. The fourth-order valence-corrected chi connectivity index (χ4v) is 4.48. The fraction of sp³-hybridized carbons (Fsp3) is 0.190. The minimum Gasteiger partial charge on any atom is -0.489 e. The number of hydrogen-bond acceptors (Lipinski definition) is 6. The maximum atomic E-state index is 11.9. The van der Waals surface area contributed by atoms with Crippen LogP contribution in [0, 0.1) is 0 Å². The van der Waals surface area contributed by atoms with Crippen molar-refractivity contribution in [2.45, 2.75) is 20.1 Å². The second kappa shape index (κ2) is 10.5. The van der Waals surface area contributed by atoms with Crippen LogP contribution in [0.3, 0.4) is 0 Å². The molecule has 0 unspecified atom stereocenters. The maximum absolute atomic E-state index is 11.9. The summed E-state index contributed by atoms with van der Waals surface area (Å²) in [4.78, 5) is 14.2. The van der Waals surface area contributed by atoms with Crippen LogP contribution in [0.4, 0.5) is 5.00 Å². The molecule has 0 spiro atoms. The maximum Gasteiger partial charge on any atom is 0.319 e. The van der Waals surface area contributed by atoms with E-state index in [0.29, 0.717) is 19.7 Å². The molecule has 0 aliphatic carbocycles. The average Bonchev–Trinajstić information content (AvgIpc) is 3.22. The summed E-state index contributed by atoms with van der Waals surface area (Å²) in [6.07, 6.45) is 0. The van der Waals surface area contributed by atoms with Gasteiger partial charge in [0.05, 0.1) is 9.88 Å². The first-order valence-corrected chi connectivity index (χ1v) is 11.8. The molecule has 1 aromatic heterocycles. The van der Waals surface area contributed by atoms with Gasteiger partial charge in [0.2, 0.25) is 0 Å². The summed E-state index contributed by atoms with van der Waals surface area (Å²) in [7, 11) is -2.76. The van der Waals surface area contributed by atoms with E-state index in [4.69, 9.17) is 4.74 Å². The Morgan fingerprint density at radius 1 is 1.13 bits per heavy atom. The van der Waals surface area contributed by atoms with E-state index in [-0.39, 0.29) is 4.88 Å². The lowest BCUT2D eigenvalue weighted by molar-refractivity contribution is 0.101. The number of amides is 1. The van der Waals surface area contributed by atoms with Gasteiger partial charge in [-0.05, 0) is 42.8 Å². The van der Waals surface area contributed by atoms with E-state index < -0.39 is 16.4 Å². The Labute approximate surface area is 189 Å². The third kappa shape index (κ3) is 6.01. The summed E-state index contributed by atoms with van der Waals surface area (Å²) < 4.78 is 31.3. The zero-order valence-electron chi connectivity index (χ0n) is 16.1. The molecule has 0 radical (unpaired) electrons. The number of carbonyl (C=O) groups is 1. The van der Waals surface area contributed by atoms with Gasteiger partial charge in [0.15, 0.2) is 0 Å². The van der Waals surface area contributed by atoms with Crippen LogP contribution in [0.2, 0.25) is 0 Å². The highest BCUT2D eigenvalue weighted by Gasteiger charge is 2.15. The molecule has 2 aromatic carbocycles. The molecule has 1 heterocycles. The molecule has 6 nitrogen and oxygen atoms in total. The van der Waals surface area contributed by atoms with Crippen molar-refractivity contribution in [3.63, 3.8) is 0 Å². The van der Waals surface area contributed by atoms with E-state index in [1.54, 1.807) is 12.1 Å². The summed E-state index contributed by atoms with van der Waals surface area (Å²) in [5.74, 6) is 0.0232. The molecule has 30 heavy (non-hydrogen) atoms. The highest BCUT2D eigenvalue weighted by atomic mass is 79.9. The van der Waals surface area contributed by atoms with Gasteiger partial charge in [0, 0.05) is 23.1 Å². The van der Waals surface area contributed by atoms with Crippen LogP contribution in [-0.2, 0) is 23.7 Å². The van der Waals surface area contributed by atoms with Crippen molar-refractivity contribution in [2.75, 3.05) is 11.4 Å². The molecule has 156 valence electrons. The minimum absolute atomic E-state index is 0.280. The Morgan fingerprint density at radius 3 is 2.60 bits per heavy atom. The Balaban J connectivity index is 1.80. The van der Waals surface area contributed by atoms with Gasteiger partial charge < -0.3 is 9.64 Å². The van der Waals surface area contributed by atoms with E-state index in [2.05, 4.69) is 25.2 Å². The second-order valence-corrected chi connectivity index (χ2v) is 8.89. The quantitative estimate of drug-likeness (QED) is 0.413. The van der Waals surface area contributed by atoms with Crippen LogP contribution in [0.15, 0.2) is 69.5 Å². The predicted octanol–water partition coefficient (Wildman–Crippen LogP) is 5.32. The highest BCUT2D eigenvalue weighted by molar-refractivity contribution is 9.10. The monoisotopic (exact) mass is 506 g/mol. The van der Waals surface area contributed by atoms with Crippen molar-refractivity contribution in [3.8, 4) is 5.75 Å². The molecule has 0 fully saturated rings. The van der Waals surface area contributed by atoms with E-state index in [1.807, 2.05) is 55.5 Å². The topological polar surface area (TPSA) is 76.0 Å². The molecular formula is C21H19BrN2O4S2. The summed E-state index contributed by atoms with van der Waals surface area (Å²) in [6, 6.07) is 19.2. The van der Waals surface area contributed by atoms with Gasteiger partial charge in [0.1, 0.15) is 12.4 Å². The lowest BCUT2D eigenvalue weighted by atomic mass is 10.2. The van der Waals surface area contributed by atoms with Crippen LogP contribution in [-0.4, -0.2) is 20.9 Å². The van der Waals surface area contributed by atoms with Crippen molar-refractivity contribution < 1.29 is 17.9 Å². The molecule has 1 amide bonds. The number of anilines is 1. The van der Waals surface area contributed by atoms with Crippen LogP contribution in [0.1, 0.15) is 27.7 Å². The summed E-state index contributed by atoms with van der Waals surface area (Å²) in [5.41, 5.74) is 2.08. The number of carbonyl (C=O) groups excluding carboxylic acids is 1. The van der Waals surface area contributed by atoms with Gasteiger partial charge in [-0.1, -0.05) is 50.6 Å². The first kappa shape index (κ1) is 22.2. The minimum atomic E-state index is -2.76. The van der Waals surface area contributed by atoms with Crippen molar-refractivity contribution in [3.05, 3.63) is 81.1 Å². The zero-order valence-corrected chi connectivity index (χ0v) is 19.3. The van der Waals surface area contributed by atoms with Gasteiger partial charge in [-0.15, -0.1) is 11.3 Å². The first-order chi connectivity index (χ1) is 14.5. The number of ether oxygens (including phenoxy) is 1. The summed E-state index contributed by atoms with van der Waals surface area (Å²) >= 11 is 4.73. The lowest BCUT2D eigenvalue weighted by Gasteiger charge is -2.23. The van der Waals surface area contributed by atoms with Crippen molar-refractivity contribution in [1.29, 1.82) is 0 Å². The average molecular weight is 507 g/mol. The van der Waals surface area contributed by atoms with Crippen LogP contribution in [0.25, 0.3) is 0 Å². The van der Waals surface area contributed by atoms with Gasteiger partial charge in [0.25, 0.3) is 0 Å². The fourth-order valence-electron chi connectivity index (χ4n) is 2.82. The number of nitrogens with zero attached hydrogens (tertiary/aromatic N) is 2. The third-order valence-corrected chi connectivity index (χ3v) is 6.22. The Bertz CT molecular complexity index is 1150. The van der Waals surface area contributed by atoms with Gasteiger partial charge in [-0.3, -0.25) is 4.79 Å². The van der Waals surface area contributed by atoms with Gasteiger partial charge >= 0.3 is 16.4 Å². The normalized spacial score (nSPS) is 10.5. The number of hydrogen-bond donors (Lipinski definition) is 0. The van der Waals surface area contributed by atoms with Crippen molar-refractivity contribution in [1.82, 2.24) is 0 Å². The third-order valence-electron chi connectivity index (χ3n) is 4.27. The van der Waals surface area contributed by atoms with E-state index in [1.165, 1.54) is 11.3 Å². The smallest absolute Gasteiger partial charge is 0.319 e. The predicted molar refractivity (Wildman–Crippen MR) is 122 cm³/mol. The van der Waals surface area contributed by atoms with Crippen LogP contribution < -0.4 is 9.64 Å². The molecule has 0 N–H and O–H groups in total. The Hall–Kier alpha value is -2.49. The molecule has 0 bridgehead atoms. The zero-order chi connectivity index (χ0) is 21.5. The van der Waals surface area contributed by atoms with E-state index in [9.17, 15) is 13.2 Å². The molecule has 0 saturated heterocycles. The molecule has 0 aliphatic rings. The SMILES string of the molecule is CCN(Cc1cc(Br)ccc1OCc1ccccc1)c1ccc(C(=O)N=S(=O)=O)s1. The summed E-state index contributed by atoms with van der Waals surface area (Å²) in [5, 5.41) is 0.849.